The quantitative estimate of drug-likeness (QED) is 0.845. The summed E-state index contributed by atoms with van der Waals surface area (Å²) in [5.74, 6) is 4.93. The maximum Gasteiger partial charge on any atom is 0.156 e. The van der Waals surface area contributed by atoms with Crippen molar-refractivity contribution in [2.45, 2.75) is 25.3 Å². The Kier molecular flexibility index (Phi) is 3.97. The number of terminal acetylenes is 1. The number of halogens is 1. The molecule has 0 amide bonds. The lowest BCUT2D eigenvalue weighted by atomic mass is 10.1. The number of aryl methyl sites for hydroxylation is 1. The van der Waals surface area contributed by atoms with Crippen LogP contribution in [0.4, 0.5) is 11.5 Å². The lowest BCUT2D eigenvalue weighted by Gasteiger charge is -2.32. The molecule has 0 unspecified atom stereocenters. The van der Waals surface area contributed by atoms with Crippen LogP contribution in [0.1, 0.15) is 24.1 Å². The third kappa shape index (κ3) is 2.74. The zero-order chi connectivity index (χ0) is 18.3. The third-order valence-electron chi connectivity index (χ3n) is 4.66. The second kappa shape index (κ2) is 6.19. The largest absolute Gasteiger partial charge is 0.496 e. The fraction of sp³-hybridized carbons (Fsp3) is 0.316. The molecule has 2 heterocycles. The summed E-state index contributed by atoms with van der Waals surface area (Å²) in [7, 11) is 1.62. The Balaban J connectivity index is 1.85. The molecule has 0 bridgehead atoms. The molecule has 2 aromatic rings. The summed E-state index contributed by atoms with van der Waals surface area (Å²) >= 11 is 6.34. The first-order valence-electron chi connectivity index (χ1n) is 8.30. The Morgan fingerprint density at radius 3 is 2.73 bits per heavy atom. The Hall–Kier alpha value is -2.78. The molecule has 0 radical (unpaired) electrons. The van der Waals surface area contributed by atoms with Gasteiger partial charge in [-0.1, -0.05) is 17.5 Å². The van der Waals surface area contributed by atoms with Crippen molar-refractivity contribution in [3.05, 3.63) is 40.8 Å². The number of methoxy groups -OCH3 is 1. The third-order valence-corrected chi connectivity index (χ3v) is 4.88. The van der Waals surface area contributed by atoms with Gasteiger partial charge in [0.15, 0.2) is 5.82 Å². The van der Waals surface area contributed by atoms with Crippen LogP contribution in [-0.4, -0.2) is 35.1 Å². The number of rotatable bonds is 3. The van der Waals surface area contributed by atoms with Crippen LogP contribution in [0.2, 0.25) is 5.02 Å². The SMILES string of the molecule is C#CC1(NC2=NCN(c3nccnc3C)c3cc(Cl)cc(OC)c32)CC1. The standard InChI is InChI=1S/C19H18ClN5O/c1-4-19(5-6-19)24-17-16-14(9-13(20)10-15(16)26-3)25(11-23-17)18-12(2)21-7-8-22-18/h1,7-10H,5-6,11H2,2-3H3,(H,23,24). The lowest BCUT2D eigenvalue weighted by molar-refractivity contribution is 0.413. The Labute approximate surface area is 157 Å². The van der Waals surface area contributed by atoms with E-state index in [1.54, 1.807) is 25.6 Å². The van der Waals surface area contributed by atoms with E-state index in [-0.39, 0.29) is 5.54 Å². The van der Waals surface area contributed by atoms with Gasteiger partial charge in [-0.15, -0.1) is 6.42 Å². The first-order valence-corrected chi connectivity index (χ1v) is 8.68. The van der Waals surface area contributed by atoms with Crippen LogP contribution in [0.3, 0.4) is 0 Å². The number of hydrogen-bond donors (Lipinski definition) is 1. The van der Waals surface area contributed by atoms with E-state index in [1.807, 2.05) is 17.9 Å². The minimum absolute atomic E-state index is 0.314. The van der Waals surface area contributed by atoms with Crippen LogP contribution in [0, 0.1) is 19.3 Å². The van der Waals surface area contributed by atoms with Crippen molar-refractivity contribution >= 4 is 28.9 Å². The van der Waals surface area contributed by atoms with Gasteiger partial charge in [-0.05, 0) is 31.9 Å². The van der Waals surface area contributed by atoms with Gasteiger partial charge in [0.25, 0.3) is 0 Å². The second-order valence-corrected chi connectivity index (χ2v) is 6.83. The number of amidine groups is 1. The number of aliphatic imine (C=N–C) groups is 1. The molecule has 1 aromatic carbocycles. The highest BCUT2D eigenvalue weighted by Gasteiger charge is 2.43. The average molecular weight is 368 g/mol. The maximum absolute atomic E-state index is 6.34. The highest BCUT2D eigenvalue weighted by Crippen LogP contribution is 2.41. The molecule has 1 fully saturated rings. The first-order chi connectivity index (χ1) is 12.6. The first kappa shape index (κ1) is 16.7. The zero-order valence-corrected chi connectivity index (χ0v) is 15.3. The molecule has 1 N–H and O–H groups in total. The minimum atomic E-state index is -0.314. The number of benzene rings is 1. The summed E-state index contributed by atoms with van der Waals surface area (Å²) in [6, 6.07) is 3.67. The van der Waals surface area contributed by atoms with Gasteiger partial charge >= 0.3 is 0 Å². The van der Waals surface area contributed by atoms with E-state index < -0.39 is 0 Å². The molecular formula is C19H18ClN5O. The van der Waals surface area contributed by atoms with Gasteiger partial charge in [-0.3, -0.25) is 4.98 Å². The average Bonchev–Trinajstić information content (AvgIpc) is 3.42. The Bertz CT molecular complexity index is 945. The highest BCUT2D eigenvalue weighted by atomic mass is 35.5. The predicted molar refractivity (Wildman–Crippen MR) is 102 cm³/mol. The van der Waals surface area contributed by atoms with Crippen LogP contribution in [0.15, 0.2) is 29.5 Å². The number of aromatic nitrogens is 2. The van der Waals surface area contributed by atoms with Gasteiger partial charge < -0.3 is 15.0 Å². The van der Waals surface area contributed by atoms with E-state index in [4.69, 9.17) is 27.8 Å². The number of hydrogen-bond acceptors (Lipinski definition) is 6. The molecule has 4 rings (SSSR count). The van der Waals surface area contributed by atoms with Gasteiger partial charge in [-0.25, -0.2) is 9.98 Å². The highest BCUT2D eigenvalue weighted by molar-refractivity contribution is 6.31. The van der Waals surface area contributed by atoms with Gasteiger partial charge in [-0.2, -0.15) is 0 Å². The van der Waals surface area contributed by atoms with Crippen molar-refractivity contribution in [1.82, 2.24) is 15.3 Å². The zero-order valence-electron chi connectivity index (χ0n) is 14.6. The molecule has 1 aromatic heterocycles. The topological polar surface area (TPSA) is 62.6 Å². The molecule has 1 aliphatic carbocycles. The fourth-order valence-corrected chi connectivity index (χ4v) is 3.28. The van der Waals surface area contributed by atoms with Crippen molar-refractivity contribution in [2.24, 2.45) is 4.99 Å². The summed E-state index contributed by atoms with van der Waals surface area (Å²) in [5, 5.41) is 4.00. The van der Waals surface area contributed by atoms with E-state index in [0.717, 1.165) is 41.4 Å². The maximum atomic E-state index is 6.34. The summed E-state index contributed by atoms with van der Waals surface area (Å²) < 4.78 is 5.59. The molecule has 132 valence electrons. The molecule has 1 saturated carbocycles. The number of nitrogens with one attached hydrogen (secondary N) is 1. The molecular weight excluding hydrogens is 350 g/mol. The molecule has 0 spiro atoms. The van der Waals surface area contributed by atoms with Crippen molar-refractivity contribution in [3.8, 4) is 18.1 Å². The van der Waals surface area contributed by atoms with E-state index in [9.17, 15) is 0 Å². The van der Waals surface area contributed by atoms with Crippen LogP contribution in [0.25, 0.3) is 0 Å². The predicted octanol–water partition coefficient (Wildman–Crippen LogP) is 3.06. The summed E-state index contributed by atoms with van der Waals surface area (Å²) in [4.78, 5) is 15.5. The molecule has 0 atom stereocenters. The second-order valence-electron chi connectivity index (χ2n) is 6.40. The molecule has 7 heteroatoms. The van der Waals surface area contributed by atoms with E-state index in [0.29, 0.717) is 17.4 Å². The Morgan fingerprint density at radius 1 is 1.31 bits per heavy atom. The molecule has 6 nitrogen and oxygen atoms in total. The minimum Gasteiger partial charge on any atom is -0.496 e. The summed E-state index contributed by atoms with van der Waals surface area (Å²) in [6.07, 6.45) is 10.9. The van der Waals surface area contributed by atoms with Crippen LogP contribution < -0.4 is 15.0 Å². The van der Waals surface area contributed by atoms with E-state index >= 15 is 0 Å². The van der Waals surface area contributed by atoms with E-state index in [2.05, 4.69) is 21.2 Å². The number of ether oxygens (including phenoxy) is 1. The Morgan fingerprint density at radius 2 is 2.08 bits per heavy atom. The lowest BCUT2D eigenvalue weighted by Crippen LogP contribution is -2.40. The number of nitrogens with zero attached hydrogens (tertiary/aromatic N) is 4. The van der Waals surface area contributed by atoms with Crippen LogP contribution >= 0.6 is 11.6 Å². The van der Waals surface area contributed by atoms with Gasteiger partial charge in [0.1, 0.15) is 18.3 Å². The van der Waals surface area contributed by atoms with Crippen LogP contribution in [-0.2, 0) is 0 Å². The van der Waals surface area contributed by atoms with Crippen molar-refractivity contribution in [2.75, 3.05) is 18.7 Å². The fourth-order valence-electron chi connectivity index (χ4n) is 3.08. The van der Waals surface area contributed by atoms with Gasteiger partial charge in [0, 0.05) is 17.4 Å². The monoisotopic (exact) mass is 367 g/mol. The van der Waals surface area contributed by atoms with Gasteiger partial charge in [0.2, 0.25) is 0 Å². The normalized spacial score (nSPS) is 17.0. The summed E-state index contributed by atoms with van der Waals surface area (Å²) in [6.45, 7) is 2.30. The van der Waals surface area contributed by atoms with Crippen molar-refractivity contribution in [1.29, 1.82) is 0 Å². The molecule has 1 aliphatic heterocycles. The molecule has 26 heavy (non-hydrogen) atoms. The number of fused-ring (bicyclic) bond motifs is 1. The van der Waals surface area contributed by atoms with E-state index in [1.165, 1.54) is 0 Å². The molecule has 2 aliphatic rings. The summed E-state index contributed by atoms with van der Waals surface area (Å²) in [5.41, 5.74) is 2.19. The molecule has 0 saturated heterocycles. The van der Waals surface area contributed by atoms with Crippen LogP contribution in [0.5, 0.6) is 5.75 Å². The van der Waals surface area contributed by atoms with Gasteiger partial charge in [0.05, 0.1) is 29.6 Å². The van der Waals surface area contributed by atoms with Crippen molar-refractivity contribution in [3.63, 3.8) is 0 Å². The smallest absolute Gasteiger partial charge is 0.156 e. The van der Waals surface area contributed by atoms with Crippen molar-refractivity contribution < 1.29 is 4.74 Å². The number of anilines is 2.